The molecule has 11 heavy (non-hydrogen) atoms. The normalized spacial score (nSPS) is 18.6. The molecule has 0 aromatic carbocycles. The topological polar surface area (TPSA) is 12.0 Å². The third-order valence-electron chi connectivity index (χ3n) is 1.77. The van der Waals surface area contributed by atoms with Crippen LogP contribution in [0.25, 0.3) is 0 Å². The molecule has 0 saturated heterocycles. The quantitative estimate of drug-likeness (QED) is 0.695. The smallest absolute Gasteiger partial charge is 0.0213 e. The lowest BCUT2D eigenvalue weighted by Crippen LogP contribution is -2.23. The highest BCUT2D eigenvalue weighted by molar-refractivity contribution is 8.03. The monoisotopic (exact) mass is 169 g/mol. The molecule has 0 spiro atoms. The third-order valence-corrected chi connectivity index (χ3v) is 2.87. The lowest BCUT2D eigenvalue weighted by molar-refractivity contribution is 0.706. The minimum Gasteiger partial charge on any atom is -0.312 e. The van der Waals surface area contributed by atoms with E-state index >= 15 is 0 Å². The van der Waals surface area contributed by atoms with Crippen LogP contribution in [-0.2, 0) is 0 Å². The van der Waals surface area contributed by atoms with Crippen molar-refractivity contribution in [3.05, 3.63) is 23.1 Å². The minimum atomic E-state index is 1.01. The number of thioether (sulfide) groups is 1. The van der Waals surface area contributed by atoms with Gasteiger partial charge in [-0.25, -0.2) is 0 Å². The van der Waals surface area contributed by atoms with Gasteiger partial charge in [0.15, 0.2) is 0 Å². The maximum Gasteiger partial charge on any atom is 0.0213 e. The van der Waals surface area contributed by atoms with Gasteiger partial charge < -0.3 is 5.32 Å². The summed E-state index contributed by atoms with van der Waals surface area (Å²) in [6, 6.07) is 0. The molecular weight excluding hydrogens is 154 g/mol. The van der Waals surface area contributed by atoms with E-state index in [1.165, 1.54) is 22.7 Å². The second-order valence-electron chi connectivity index (χ2n) is 2.51. The Labute approximate surface area is 72.9 Å². The van der Waals surface area contributed by atoms with E-state index in [9.17, 15) is 0 Å². The summed E-state index contributed by atoms with van der Waals surface area (Å²) in [4.78, 5) is 1.53. The van der Waals surface area contributed by atoms with Gasteiger partial charge in [0.05, 0.1) is 0 Å². The highest BCUT2D eigenvalue weighted by Crippen LogP contribution is 2.25. The maximum atomic E-state index is 3.81. The fourth-order valence-electron chi connectivity index (χ4n) is 1.21. The van der Waals surface area contributed by atoms with E-state index in [-0.39, 0.29) is 0 Å². The largest absolute Gasteiger partial charge is 0.312 e. The SMILES string of the molecule is C=CC1=C(SCC)CCNC1. The molecule has 1 aliphatic heterocycles. The molecule has 1 rings (SSSR count). The Morgan fingerprint density at radius 3 is 3.18 bits per heavy atom. The third kappa shape index (κ3) is 2.38. The molecular formula is C9H15NS. The number of hydrogen-bond donors (Lipinski definition) is 1. The standard InChI is InChI=1S/C9H15NS/c1-3-8-7-10-6-5-9(8)11-4-2/h3,10H,1,4-7H2,2H3. The van der Waals surface area contributed by atoms with E-state index < -0.39 is 0 Å². The molecule has 0 aliphatic carbocycles. The molecule has 0 atom stereocenters. The summed E-state index contributed by atoms with van der Waals surface area (Å²) in [5, 5.41) is 3.33. The Morgan fingerprint density at radius 1 is 1.73 bits per heavy atom. The predicted octanol–water partition coefficient (Wildman–Crippen LogP) is 2.17. The summed E-state index contributed by atoms with van der Waals surface area (Å²) in [7, 11) is 0. The van der Waals surface area contributed by atoms with Crippen molar-refractivity contribution in [3.63, 3.8) is 0 Å². The van der Waals surface area contributed by atoms with Gasteiger partial charge in [-0.15, -0.1) is 11.8 Å². The van der Waals surface area contributed by atoms with Crippen LogP contribution in [-0.4, -0.2) is 18.8 Å². The average molecular weight is 169 g/mol. The molecule has 1 heterocycles. The van der Waals surface area contributed by atoms with Gasteiger partial charge >= 0.3 is 0 Å². The first kappa shape index (κ1) is 8.88. The molecule has 62 valence electrons. The molecule has 1 nitrogen and oxygen atoms in total. The van der Waals surface area contributed by atoms with E-state index in [0.29, 0.717) is 0 Å². The van der Waals surface area contributed by atoms with Crippen molar-refractivity contribution >= 4 is 11.8 Å². The van der Waals surface area contributed by atoms with Crippen molar-refractivity contribution in [1.82, 2.24) is 5.32 Å². The first-order chi connectivity index (χ1) is 5.38. The number of nitrogens with one attached hydrogen (secondary N) is 1. The van der Waals surface area contributed by atoms with Gasteiger partial charge in [0, 0.05) is 13.1 Å². The highest BCUT2D eigenvalue weighted by Gasteiger charge is 2.08. The molecule has 0 aromatic heterocycles. The second-order valence-corrected chi connectivity index (χ2v) is 3.87. The molecule has 0 saturated carbocycles. The highest BCUT2D eigenvalue weighted by atomic mass is 32.2. The van der Waals surface area contributed by atoms with Crippen molar-refractivity contribution in [2.24, 2.45) is 0 Å². The van der Waals surface area contributed by atoms with Crippen LogP contribution in [0, 0.1) is 0 Å². The maximum absolute atomic E-state index is 3.81. The van der Waals surface area contributed by atoms with Crippen molar-refractivity contribution in [2.45, 2.75) is 13.3 Å². The van der Waals surface area contributed by atoms with E-state index in [1.54, 1.807) is 0 Å². The zero-order chi connectivity index (χ0) is 8.10. The van der Waals surface area contributed by atoms with E-state index in [1.807, 2.05) is 17.8 Å². The summed E-state index contributed by atoms with van der Waals surface area (Å²) >= 11 is 1.95. The lowest BCUT2D eigenvalue weighted by atomic mass is 10.1. The molecule has 1 N–H and O–H groups in total. The van der Waals surface area contributed by atoms with Crippen molar-refractivity contribution in [3.8, 4) is 0 Å². The molecule has 0 bridgehead atoms. The van der Waals surface area contributed by atoms with Crippen molar-refractivity contribution in [1.29, 1.82) is 0 Å². The molecule has 0 radical (unpaired) electrons. The van der Waals surface area contributed by atoms with Crippen molar-refractivity contribution in [2.75, 3.05) is 18.8 Å². The van der Waals surface area contributed by atoms with Gasteiger partial charge in [-0.05, 0) is 22.7 Å². The Hall–Kier alpha value is -0.210. The molecule has 1 aliphatic rings. The molecule has 0 amide bonds. The van der Waals surface area contributed by atoms with Gasteiger partial charge in [0.25, 0.3) is 0 Å². The van der Waals surface area contributed by atoms with Gasteiger partial charge in [-0.1, -0.05) is 19.6 Å². The molecule has 0 fully saturated rings. The first-order valence-corrected chi connectivity index (χ1v) is 5.05. The van der Waals surface area contributed by atoms with Gasteiger partial charge in [-0.3, -0.25) is 0 Å². The number of rotatable bonds is 3. The van der Waals surface area contributed by atoms with E-state index in [0.717, 1.165) is 13.1 Å². The van der Waals surface area contributed by atoms with Crippen LogP contribution in [0.1, 0.15) is 13.3 Å². The van der Waals surface area contributed by atoms with Gasteiger partial charge in [0.1, 0.15) is 0 Å². The van der Waals surface area contributed by atoms with Crippen LogP contribution in [0.15, 0.2) is 23.1 Å². The molecule has 0 aromatic rings. The average Bonchev–Trinajstić information content (AvgIpc) is 2.06. The zero-order valence-electron chi connectivity index (χ0n) is 7.02. The van der Waals surface area contributed by atoms with Crippen LogP contribution in [0.5, 0.6) is 0 Å². The van der Waals surface area contributed by atoms with Crippen molar-refractivity contribution < 1.29 is 0 Å². The minimum absolute atomic E-state index is 1.01. The van der Waals surface area contributed by atoms with Crippen LogP contribution in [0.2, 0.25) is 0 Å². The number of hydrogen-bond acceptors (Lipinski definition) is 2. The van der Waals surface area contributed by atoms with Gasteiger partial charge in [0.2, 0.25) is 0 Å². The predicted molar refractivity (Wildman–Crippen MR) is 52.8 cm³/mol. The Morgan fingerprint density at radius 2 is 2.55 bits per heavy atom. The van der Waals surface area contributed by atoms with E-state index in [4.69, 9.17) is 0 Å². The fraction of sp³-hybridized carbons (Fsp3) is 0.556. The van der Waals surface area contributed by atoms with Crippen LogP contribution in [0.4, 0.5) is 0 Å². The summed E-state index contributed by atoms with van der Waals surface area (Å²) in [6.45, 7) is 8.13. The zero-order valence-corrected chi connectivity index (χ0v) is 7.84. The summed E-state index contributed by atoms with van der Waals surface area (Å²) < 4.78 is 0. The first-order valence-electron chi connectivity index (χ1n) is 4.06. The summed E-state index contributed by atoms with van der Waals surface area (Å²) in [5.41, 5.74) is 1.39. The molecule has 0 unspecified atom stereocenters. The lowest BCUT2D eigenvalue weighted by Gasteiger charge is -2.17. The Kier molecular flexibility index (Phi) is 3.73. The van der Waals surface area contributed by atoms with Gasteiger partial charge in [-0.2, -0.15) is 0 Å². The fourth-order valence-corrected chi connectivity index (χ4v) is 2.14. The summed E-state index contributed by atoms with van der Waals surface area (Å²) in [5.74, 6) is 1.17. The van der Waals surface area contributed by atoms with Crippen LogP contribution >= 0.6 is 11.8 Å². The molecule has 2 heteroatoms. The Bertz CT molecular complexity index is 172. The van der Waals surface area contributed by atoms with Crippen LogP contribution < -0.4 is 5.32 Å². The second kappa shape index (κ2) is 4.62. The Balaban J connectivity index is 2.64. The van der Waals surface area contributed by atoms with Crippen LogP contribution in [0.3, 0.4) is 0 Å². The van der Waals surface area contributed by atoms with E-state index in [2.05, 4.69) is 18.8 Å². The summed E-state index contributed by atoms with van der Waals surface area (Å²) in [6.07, 6.45) is 3.16.